The second-order valence-corrected chi connectivity index (χ2v) is 6.06. The molecule has 6 heteroatoms. The average Bonchev–Trinajstić information content (AvgIpc) is 2.43. The molecule has 1 aromatic rings. The van der Waals surface area contributed by atoms with Crippen molar-refractivity contribution < 1.29 is 19.5 Å². The van der Waals surface area contributed by atoms with Crippen LogP contribution in [0.5, 0.6) is 0 Å². The van der Waals surface area contributed by atoms with E-state index in [4.69, 9.17) is 5.11 Å². The highest BCUT2D eigenvalue weighted by atomic mass is 32.2. The average molecular weight is 307 g/mol. The number of Topliss-reactive ketones (excluding diaryl/α,β-unsaturated/α-hetero) is 1. The molecule has 112 valence electrons. The molecule has 0 saturated heterocycles. The van der Waals surface area contributed by atoms with Crippen LogP contribution in [0.3, 0.4) is 0 Å². The first-order valence-electron chi connectivity index (χ1n) is 6.74. The van der Waals surface area contributed by atoms with Crippen molar-refractivity contribution in [1.82, 2.24) is 5.32 Å². The maximum absolute atomic E-state index is 11.8. The van der Waals surface area contributed by atoms with E-state index in [1.165, 1.54) is 11.8 Å². The number of aliphatic carboxylic acids is 1. The summed E-state index contributed by atoms with van der Waals surface area (Å²) in [5.41, 5.74) is -0.465. The molecule has 0 radical (unpaired) electrons. The summed E-state index contributed by atoms with van der Waals surface area (Å²) >= 11 is 1.20. The fourth-order valence-corrected chi connectivity index (χ4v) is 2.88. The van der Waals surface area contributed by atoms with Crippen LogP contribution in [-0.2, 0) is 9.59 Å². The van der Waals surface area contributed by atoms with Gasteiger partial charge in [0, 0.05) is 5.56 Å². The van der Waals surface area contributed by atoms with E-state index in [9.17, 15) is 14.4 Å². The summed E-state index contributed by atoms with van der Waals surface area (Å²) in [6.45, 7) is 0. The van der Waals surface area contributed by atoms with Gasteiger partial charge in [0.05, 0.1) is 11.5 Å². The van der Waals surface area contributed by atoms with Crippen LogP contribution >= 0.6 is 11.8 Å². The SMILES string of the molecule is O=C(CSCC(=O)c1ccccc1)NC1(C(=O)O)CCC1. The zero-order valence-corrected chi connectivity index (χ0v) is 12.3. The molecule has 0 unspecified atom stereocenters. The Morgan fingerprint density at radius 3 is 2.33 bits per heavy atom. The van der Waals surface area contributed by atoms with Crippen molar-refractivity contribution in [2.45, 2.75) is 24.8 Å². The molecule has 21 heavy (non-hydrogen) atoms. The van der Waals surface area contributed by atoms with Gasteiger partial charge in [-0.15, -0.1) is 11.8 Å². The third-order valence-electron chi connectivity index (χ3n) is 3.56. The van der Waals surface area contributed by atoms with Crippen molar-refractivity contribution >= 4 is 29.4 Å². The summed E-state index contributed by atoms with van der Waals surface area (Å²) in [5, 5.41) is 11.7. The molecule has 1 aliphatic rings. The van der Waals surface area contributed by atoms with Gasteiger partial charge in [0.1, 0.15) is 5.54 Å². The first-order valence-corrected chi connectivity index (χ1v) is 7.89. The number of carbonyl (C=O) groups excluding carboxylic acids is 2. The summed E-state index contributed by atoms with van der Waals surface area (Å²) in [7, 11) is 0. The van der Waals surface area contributed by atoms with Gasteiger partial charge in [-0.25, -0.2) is 4.79 Å². The minimum absolute atomic E-state index is 0.0370. The van der Waals surface area contributed by atoms with Crippen molar-refractivity contribution in [1.29, 1.82) is 0 Å². The van der Waals surface area contributed by atoms with Gasteiger partial charge in [-0.3, -0.25) is 9.59 Å². The Hall–Kier alpha value is -1.82. The van der Waals surface area contributed by atoms with Crippen LogP contribution in [0, 0.1) is 0 Å². The smallest absolute Gasteiger partial charge is 0.329 e. The second-order valence-electron chi connectivity index (χ2n) is 5.07. The Morgan fingerprint density at radius 1 is 1.14 bits per heavy atom. The van der Waals surface area contributed by atoms with E-state index in [1.807, 2.05) is 6.07 Å². The van der Waals surface area contributed by atoms with Gasteiger partial charge in [0.15, 0.2) is 5.78 Å². The van der Waals surface area contributed by atoms with E-state index in [-0.39, 0.29) is 23.2 Å². The van der Waals surface area contributed by atoms with Crippen LogP contribution in [0.4, 0.5) is 0 Å². The fourth-order valence-electron chi connectivity index (χ4n) is 2.17. The van der Waals surface area contributed by atoms with E-state index in [0.29, 0.717) is 18.4 Å². The van der Waals surface area contributed by atoms with E-state index in [1.54, 1.807) is 24.3 Å². The Labute approximate surface area is 127 Å². The quantitative estimate of drug-likeness (QED) is 0.750. The van der Waals surface area contributed by atoms with Gasteiger partial charge < -0.3 is 10.4 Å². The van der Waals surface area contributed by atoms with Crippen molar-refractivity contribution in [3.63, 3.8) is 0 Å². The lowest BCUT2D eigenvalue weighted by atomic mass is 9.77. The van der Waals surface area contributed by atoms with E-state index < -0.39 is 11.5 Å². The number of hydrogen-bond acceptors (Lipinski definition) is 4. The Balaban J connectivity index is 1.75. The lowest BCUT2D eigenvalue weighted by Crippen LogP contribution is -2.59. The number of carboxylic acids is 1. The minimum Gasteiger partial charge on any atom is -0.480 e. The topological polar surface area (TPSA) is 83.5 Å². The monoisotopic (exact) mass is 307 g/mol. The number of amides is 1. The molecule has 0 bridgehead atoms. The number of nitrogens with one attached hydrogen (secondary N) is 1. The van der Waals surface area contributed by atoms with Gasteiger partial charge in [-0.2, -0.15) is 0 Å². The van der Waals surface area contributed by atoms with Crippen LogP contribution in [0.25, 0.3) is 0 Å². The van der Waals surface area contributed by atoms with Gasteiger partial charge in [0.25, 0.3) is 0 Å². The van der Waals surface area contributed by atoms with Crippen molar-refractivity contribution in [2.24, 2.45) is 0 Å². The van der Waals surface area contributed by atoms with Crippen molar-refractivity contribution in [2.75, 3.05) is 11.5 Å². The van der Waals surface area contributed by atoms with Gasteiger partial charge in [-0.1, -0.05) is 30.3 Å². The predicted octanol–water partition coefficient (Wildman–Crippen LogP) is 1.73. The summed E-state index contributed by atoms with van der Waals surface area (Å²) in [6, 6.07) is 8.88. The third kappa shape index (κ3) is 3.85. The number of hydrogen-bond donors (Lipinski definition) is 2. The molecule has 2 rings (SSSR count). The number of benzene rings is 1. The molecule has 2 N–H and O–H groups in total. The first kappa shape index (κ1) is 15.6. The molecule has 1 fully saturated rings. The van der Waals surface area contributed by atoms with E-state index in [2.05, 4.69) is 5.32 Å². The lowest BCUT2D eigenvalue weighted by Gasteiger charge is -2.38. The van der Waals surface area contributed by atoms with Gasteiger partial charge in [0.2, 0.25) is 5.91 Å². The zero-order chi connectivity index (χ0) is 15.3. The molecule has 1 aliphatic carbocycles. The molecule has 0 aromatic heterocycles. The Morgan fingerprint density at radius 2 is 1.81 bits per heavy atom. The van der Waals surface area contributed by atoms with Gasteiger partial charge in [-0.05, 0) is 19.3 Å². The van der Waals surface area contributed by atoms with Gasteiger partial charge >= 0.3 is 5.97 Å². The van der Waals surface area contributed by atoms with Crippen LogP contribution in [-0.4, -0.2) is 39.8 Å². The molecule has 1 aromatic carbocycles. The third-order valence-corrected chi connectivity index (χ3v) is 4.49. The van der Waals surface area contributed by atoms with E-state index in [0.717, 1.165) is 6.42 Å². The predicted molar refractivity (Wildman–Crippen MR) is 80.5 cm³/mol. The van der Waals surface area contributed by atoms with Crippen LogP contribution in [0.15, 0.2) is 30.3 Å². The number of carbonyl (C=O) groups is 3. The van der Waals surface area contributed by atoms with Crippen molar-refractivity contribution in [3.05, 3.63) is 35.9 Å². The van der Waals surface area contributed by atoms with Crippen LogP contribution < -0.4 is 5.32 Å². The normalized spacial score (nSPS) is 15.8. The second kappa shape index (κ2) is 6.76. The van der Waals surface area contributed by atoms with E-state index >= 15 is 0 Å². The zero-order valence-electron chi connectivity index (χ0n) is 11.5. The highest BCUT2D eigenvalue weighted by Crippen LogP contribution is 2.32. The highest BCUT2D eigenvalue weighted by Gasteiger charge is 2.45. The maximum atomic E-state index is 11.8. The Kier molecular flexibility index (Phi) is 5.01. The largest absolute Gasteiger partial charge is 0.480 e. The van der Waals surface area contributed by atoms with Crippen LogP contribution in [0.2, 0.25) is 0 Å². The summed E-state index contributed by atoms with van der Waals surface area (Å²) in [6.07, 6.45) is 1.76. The number of carboxylic acid groups (broad SMARTS) is 1. The fraction of sp³-hybridized carbons (Fsp3) is 0.400. The Bertz CT molecular complexity index is 540. The maximum Gasteiger partial charge on any atom is 0.329 e. The molecule has 1 amide bonds. The number of rotatable bonds is 7. The first-order chi connectivity index (χ1) is 10.0. The highest BCUT2D eigenvalue weighted by molar-refractivity contribution is 8.00. The number of thioether (sulfide) groups is 1. The lowest BCUT2D eigenvalue weighted by molar-refractivity contribution is -0.151. The molecule has 0 spiro atoms. The molecule has 0 heterocycles. The standard InChI is InChI=1S/C15H17NO4S/c17-12(11-5-2-1-3-6-11)9-21-10-13(18)16-15(14(19)20)7-4-8-15/h1-3,5-6H,4,7-10H2,(H,16,18)(H,19,20). The molecule has 0 aliphatic heterocycles. The molecular formula is C15H17NO4S. The summed E-state index contributed by atoms with van der Waals surface area (Å²) < 4.78 is 0. The van der Waals surface area contributed by atoms with Crippen molar-refractivity contribution in [3.8, 4) is 0 Å². The molecule has 5 nitrogen and oxygen atoms in total. The molecular weight excluding hydrogens is 290 g/mol. The number of ketones is 1. The summed E-state index contributed by atoms with van der Waals surface area (Å²) in [5.74, 6) is -1.05. The van der Waals surface area contributed by atoms with Crippen LogP contribution in [0.1, 0.15) is 29.6 Å². The molecule has 1 saturated carbocycles. The molecule has 0 atom stereocenters. The minimum atomic E-state index is -1.08. The summed E-state index contributed by atoms with van der Waals surface area (Å²) in [4.78, 5) is 34.7.